The summed E-state index contributed by atoms with van der Waals surface area (Å²) in [6.45, 7) is 8.87. The van der Waals surface area contributed by atoms with E-state index in [0.29, 0.717) is 12.1 Å². The molecule has 1 aliphatic rings. The first-order valence-electron chi connectivity index (χ1n) is 9.78. The van der Waals surface area contributed by atoms with Crippen LogP contribution in [-0.2, 0) is 4.74 Å². The fraction of sp³-hybridized carbons (Fsp3) is 0.364. The Labute approximate surface area is 183 Å². The van der Waals surface area contributed by atoms with Crippen LogP contribution in [0.1, 0.15) is 21.5 Å². The number of halogens is 1. The fourth-order valence-corrected chi connectivity index (χ4v) is 4.96. The van der Waals surface area contributed by atoms with E-state index in [9.17, 15) is 4.79 Å². The molecule has 0 unspecified atom stereocenters. The lowest BCUT2D eigenvalue weighted by Crippen LogP contribution is -2.43. The summed E-state index contributed by atoms with van der Waals surface area (Å²) in [5.41, 5.74) is 4.03. The first kappa shape index (κ1) is 20.5. The van der Waals surface area contributed by atoms with Crippen molar-refractivity contribution < 1.29 is 9.53 Å². The summed E-state index contributed by atoms with van der Waals surface area (Å²) in [5.74, 6) is -0.0286. The van der Waals surface area contributed by atoms with Gasteiger partial charge in [-0.15, -0.1) is 0 Å². The number of hydrogen-bond acceptors (Lipinski definition) is 5. The van der Waals surface area contributed by atoms with Crippen LogP contribution in [0.3, 0.4) is 0 Å². The maximum Gasteiger partial charge on any atom is 0.261 e. The summed E-state index contributed by atoms with van der Waals surface area (Å²) in [7, 11) is 0. The Morgan fingerprint density at radius 3 is 2.72 bits per heavy atom. The van der Waals surface area contributed by atoms with E-state index in [1.165, 1.54) is 11.1 Å². The quantitative estimate of drug-likeness (QED) is 0.540. The molecule has 3 aromatic rings. The van der Waals surface area contributed by atoms with E-state index >= 15 is 0 Å². The van der Waals surface area contributed by atoms with E-state index in [1.807, 2.05) is 29.2 Å². The fourth-order valence-electron chi connectivity index (χ4n) is 3.46. The maximum absolute atomic E-state index is 13.5. The summed E-state index contributed by atoms with van der Waals surface area (Å²) in [6, 6.07) is 11.8. The van der Waals surface area contributed by atoms with Gasteiger partial charge in [0.25, 0.3) is 5.91 Å². The molecular formula is C22H24BrN3O2S. The molecule has 0 atom stereocenters. The molecule has 0 N–H and O–H groups in total. The molecule has 1 saturated heterocycles. The van der Waals surface area contributed by atoms with Gasteiger partial charge < -0.3 is 4.74 Å². The molecule has 0 bridgehead atoms. The van der Waals surface area contributed by atoms with Gasteiger partial charge in [0.05, 0.1) is 29.0 Å². The number of nitrogens with zero attached hydrogens (tertiary/aromatic N) is 3. The van der Waals surface area contributed by atoms with E-state index in [0.717, 1.165) is 52.7 Å². The third-order valence-corrected chi connectivity index (χ3v) is 7.13. The zero-order valence-electron chi connectivity index (χ0n) is 16.7. The second kappa shape index (κ2) is 8.92. The number of aromatic nitrogens is 1. The van der Waals surface area contributed by atoms with Crippen molar-refractivity contribution in [2.24, 2.45) is 0 Å². The van der Waals surface area contributed by atoms with Gasteiger partial charge >= 0.3 is 0 Å². The lowest BCUT2D eigenvalue weighted by molar-refractivity contribution is 0.0391. The molecule has 0 saturated carbocycles. The average Bonchev–Trinajstić information content (AvgIpc) is 3.17. The van der Waals surface area contributed by atoms with Crippen LogP contribution in [0.4, 0.5) is 5.13 Å². The lowest BCUT2D eigenvalue weighted by atomic mass is 10.1. The molecule has 1 amide bonds. The van der Waals surface area contributed by atoms with Crippen molar-refractivity contribution in [2.75, 3.05) is 44.3 Å². The monoisotopic (exact) mass is 473 g/mol. The highest BCUT2D eigenvalue weighted by Gasteiger charge is 2.24. The van der Waals surface area contributed by atoms with E-state index in [4.69, 9.17) is 9.72 Å². The van der Waals surface area contributed by atoms with Gasteiger partial charge in [0, 0.05) is 30.7 Å². The largest absolute Gasteiger partial charge is 0.379 e. The number of fused-ring (bicyclic) bond motifs is 1. The number of hydrogen-bond donors (Lipinski definition) is 0. The lowest BCUT2D eigenvalue weighted by Gasteiger charge is -2.29. The summed E-state index contributed by atoms with van der Waals surface area (Å²) in [6.07, 6.45) is 0. The van der Waals surface area contributed by atoms with Crippen molar-refractivity contribution in [3.05, 3.63) is 57.6 Å². The van der Waals surface area contributed by atoms with Crippen LogP contribution in [-0.4, -0.2) is 55.2 Å². The zero-order valence-corrected chi connectivity index (χ0v) is 19.1. The third-order valence-electron chi connectivity index (χ3n) is 5.40. The molecule has 5 nitrogen and oxygen atoms in total. The SMILES string of the molecule is Cc1ccc2sc(N(CCN3CCOCC3)C(=O)c3ccccc3Br)nc2c1C. The Kier molecular flexibility index (Phi) is 6.29. The average molecular weight is 474 g/mol. The number of ether oxygens (including phenoxy) is 1. The standard InChI is InChI=1S/C22H24BrN3O2S/c1-15-7-8-19-20(16(15)2)24-22(29-19)26(10-9-25-11-13-28-14-12-25)21(27)17-5-3-4-6-18(17)23/h3-8H,9-14H2,1-2H3. The Bertz CT molecular complexity index is 1030. The predicted octanol–water partition coefficient (Wildman–Crippen LogP) is 4.65. The number of amides is 1. The minimum Gasteiger partial charge on any atom is -0.379 e. The second-order valence-corrected chi connectivity index (χ2v) is 9.10. The molecule has 4 rings (SSSR count). The Morgan fingerprint density at radius 1 is 1.21 bits per heavy atom. The second-order valence-electron chi connectivity index (χ2n) is 7.24. The molecule has 1 aromatic heterocycles. The van der Waals surface area contributed by atoms with Gasteiger partial charge in [-0.3, -0.25) is 14.6 Å². The van der Waals surface area contributed by atoms with Crippen LogP contribution in [0.2, 0.25) is 0 Å². The van der Waals surface area contributed by atoms with Crippen LogP contribution in [0.25, 0.3) is 10.2 Å². The number of anilines is 1. The van der Waals surface area contributed by atoms with Crippen LogP contribution < -0.4 is 4.90 Å². The van der Waals surface area contributed by atoms with E-state index in [-0.39, 0.29) is 5.91 Å². The number of carbonyl (C=O) groups is 1. The van der Waals surface area contributed by atoms with Gasteiger partial charge in [-0.05, 0) is 59.1 Å². The van der Waals surface area contributed by atoms with Crippen LogP contribution in [0.5, 0.6) is 0 Å². The number of thiazole rings is 1. The van der Waals surface area contributed by atoms with Crippen LogP contribution >= 0.6 is 27.3 Å². The summed E-state index contributed by atoms with van der Waals surface area (Å²) >= 11 is 5.11. The number of aryl methyl sites for hydroxylation is 2. The Hall–Kier alpha value is -1.80. The predicted molar refractivity (Wildman–Crippen MR) is 122 cm³/mol. The molecule has 0 radical (unpaired) electrons. The van der Waals surface area contributed by atoms with Crippen molar-refractivity contribution in [1.82, 2.24) is 9.88 Å². The summed E-state index contributed by atoms with van der Waals surface area (Å²) in [4.78, 5) is 22.5. The molecule has 2 heterocycles. The topological polar surface area (TPSA) is 45.7 Å². The first-order chi connectivity index (χ1) is 14.0. The number of rotatable bonds is 5. The van der Waals surface area contributed by atoms with Crippen molar-refractivity contribution in [1.29, 1.82) is 0 Å². The van der Waals surface area contributed by atoms with Crippen LogP contribution in [0.15, 0.2) is 40.9 Å². The molecule has 2 aromatic carbocycles. The maximum atomic E-state index is 13.5. The van der Waals surface area contributed by atoms with E-state index in [2.05, 4.69) is 46.8 Å². The molecule has 1 fully saturated rings. The highest BCUT2D eigenvalue weighted by atomic mass is 79.9. The van der Waals surface area contributed by atoms with E-state index in [1.54, 1.807) is 11.3 Å². The number of carbonyl (C=O) groups excluding carboxylic acids is 1. The highest BCUT2D eigenvalue weighted by Crippen LogP contribution is 2.33. The molecule has 0 spiro atoms. The van der Waals surface area contributed by atoms with Gasteiger partial charge in [-0.1, -0.05) is 29.5 Å². The van der Waals surface area contributed by atoms with Gasteiger partial charge in [-0.2, -0.15) is 0 Å². The molecule has 152 valence electrons. The highest BCUT2D eigenvalue weighted by molar-refractivity contribution is 9.10. The van der Waals surface area contributed by atoms with Gasteiger partial charge in [0.1, 0.15) is 0 Å². The smallest absolute Gasteiger partial charge is 0.261 e. The Balaban J connectivity index is 1.68. The first-order valence-corrected chi connectivity index (χ1v) is 11.4. The number of morpholine rings is 1. The van der Waals surface area contributed by atoms with Gasteiger partial charge in [0.15, 0.2) is 5.13 Å². The summed E-state index contributed by atoms with van der Waals surface area (Å²) < 4.78 is 7.36. The molecule has 0 aliphatic carbocycles. The molecular weight excluding hydrogens is 450 g/mol. The van der Waals surface area contributed by atoms with Crippen molar-refractivity contribution in [3.63, 3.8) is 0 Å². The van der Waals surface area contributed by atoms with Gasteiger partial charge in [0.2, 0.25) is 0 Å². The number of benzene rings is 2. The third kappa shape index (κ3) is 4.38. The zero-order chi connectivity index (χ0) is 20.4. The summed E-state index contributed by atoms with van der Waals surface area (Å²) in [5, 5.41) is 0.753. The minimum absolute atomic E-state index is 0.0286. The molecule has 7 heteroatoms. The minimum atomic E-state index is -0.0286. The Morgan fingerprint density at radius 2 is 1.97 bits per heavy atom. The normalized spacial score (nSPS) is 15.0. The van der Waals surface area contributed by atoms with Crippen molar-refractivity contribution >= 4 is 48.5 Å². The molecule has 1 aliphatic heterocycles. The van der Waals surface area contributed by atoms with Crippen molar-refractivity contribution in [2.45, 2.75) is 13.8 Å². The van der Waals surface area contributed by atoms with Gasteiger partial charge in [-0.25, -0.2) is 4.98 Å². The van der Waals surface area contributed by atoms with E-state index < -0.39 is 0 Å². The molecule has 29 heavy (non-hydrogen) atoms. The van der Waals surface area contributed by atoms with Crippen molar-refractivity contribution in [3.8, 4) is 0 Å². The van der Waals surface area contributed by atoms with Crippen LogP contribution in [0, 0.1) is 13.8 Å².